The van der Waals surface area contributed by atoms with Crippen molar-refractivity contribution >= 4 is 17.2 Å². The molecule has 0 radical (unpaired) electrons. The summed E-state index contributed by atoms with van der Waals surface area (Å²) in [7, 11) is 2.07. The molecule has 1 amide bonds. The lowest BCUT2D eigenvalue weighted by atomic mass is 9.78. The van der Waals surface area contributed by atoms with Crippen LogP contribution in [-0.4, -0.2) is 41.9 Å². The molecule has 122 valence electrons. The van der Waals surface area contributed by atoms with Crippen LogP contribution in [0.3, 0.4) is 0 Å². The van der Waals surface area contributed by atoms with Crippen LogP contribution in [0.15, 0.2) is 17.5 Å². The van der Waals surface area contributed by atoms with E-state index in [2.05, 4.69) is 41.3 Å². The molecule has 1 saturated carbocycles. The maximum atomic E-state index is 12.8. The summed E-state index contributed by atoms with van der Waals surface area (Å²) < 4.78 is 0. The average molecular weight is 321 g/mol. The van der Waals surface area contributed by atoms with Crippen LogP contribution in [0.4, 0.5) is 0 Å². The van der Waals surface area contributed by atoms with Crippen LogP contribution in [0.2, 0.25) is 0 Å². The van der Waals surface area contributed by atoms with Gasteiger partial charge in [0.05, 0.1) is 6.54 Å². The van der Waals surface area contributed by atoms with Gasteiger partial charge in [0.15, 0.2) is 0 Å². The predicted octanol–water partition coefficient (Wildman–Crippen LogP) is 3.92. The van der Waals surface area contributed by atoms with Gasteiger partial charge in [-0.05, 0) is 57.0 Å². The molecule has 3 rings (SSSR count). The van der Waals surface area contributed by atoms with E-state index in [1.54, 1.807) is 11.3 Å². The molecule has 0 spiro atoms. The van der Waals surface area contributed by atoms with Crippen molar-refractivity contribution in [1.82, 2.24) is 9.80 Å². The molecule has 1 aliphatic heterocycles. The summed E-state index contributed by atoms with van der Waals surface area (Å²) in [6.45, 7) is 3.71. The van der Waals surface area contributed by atoms with E-state index >= 15 is 0 Å². The number of likely N-dealkylation sites (N-methyl/N-ethyl adjacent to an activating group) is 1. The zero-order valence-corrected chi connectivity index (χ0v) is 14.6. The maximum absolute atomic E-state index is 12.8. The highest BCUT2D eigenvalue weighted by molar-refractivity contribution is 7.10. The van der Waals surface area contributed by atoms with Crippen molar-refractivity contribution < 1.29 is 4.79 Å². The first-order valence-electron chi connectivity index (χ1n) is 8.70. The Labute approximate surface area is 138 Å². The third-order valence-corrected chi connectivity index (χ3v) is 6.61. The van der Waals surface area contributed by atoms with Crippen molar-refractivity contribution in [3.05, 3.63) is 22.4 Å². The summed E-state index contributed by atoms with van der Waals surface area (Å²) in [6, 6.07) is 5.09. The van der Waals surface area contributed by atoms with Crippen LogP contribution >= 0.6 is 11.3 Å². The molecule has 2 heterocycles. The molecular weight excluding hydrogens is 292 g/mol. The normalized spacial score (nSPS) is 26.8. The molecule has 0 aromatic carbocycles. The van der Waals surface area contributed by atoms with Crippen LogP contribution in [0.1, 0.15) is 56.4 Å². The summed E-state index contributed by atoms with van der Waals surface area (Å²) in [5.74, 6) is 1.11. The summed E-state index contributed by atoms with van der Waals surface area (Å²) >= 11 is 1.77. The molecule has 1 saturated heterocycles. The van der Waals surface area contributed by atoms with Crippen molar-refractivity contribution in [2.45, 2.75) is 57.5 Å². The minimum atomic E-state index is 0.316. The van der Waals surface area contributed by atoms with Crippen LogP contribution in [0, 0.1) is 5.92 Å². The number of carbonyl (C=O) groups excluding carboxylic acids is 1. The van der Waals surface area contributed by atoms with Crippen molar-refractivity contribution in [1.29, 1.82) is 0 Å². The quantitative estimate of drug-likeness (QED) is 0.839. The van der Waals surface area contributed by atoms with Crippen LogP contribution in [0.25, 0.3) is 0 Å². The molecule has 3 unspecified atom stereocenters. The number of carbonyl (C=O) groups is 1. The third-order valence-electron chi connectivity index (χ3n) is 5.56. The van der Waals surface area contributed by atoms with Gasteiger partial charge < -0.3 is 4.90 Å². The molecule has 0 bridgehead atoms. The Morgan fingerprint density at radius 2 is 2.14 bits per heavy atom. The second-order valence-electron chi connectivity index (χ2n) is 6.95. The van der Waals surface area contributed by atoms with E-state index in [0.29, 0.717) is 24.5 Å². The fraction of sp³-hybridized carbons (Fsp3) is 0.722. The molecule has 0 N–H and O–H groups in total. The van der Waals surface area contributed by atoms with Gasteiger partial charge in [-0.1, -0.05) is 18.9 Å². The van der Waals surface area contributed by atoms with E-state index in [1.807, 2.05) is 0 Å². The van der Waals surface area contributed by atoms with Gasteiger partial charge in [-0.2, -0.15) is 0 Å². The standard InChI is InChI=1S/C18H28N2OS/c1-14(17-10-6-12-22-17)19(2)13-18(21)20-11-5-8-15-7-3-4-9-16(15)20/h6,10,12,14-16H,3-5,7-9,11,13H2,1-2H3. The first kappa shape index (κ1) is 16.0. The molecule has 2 aliphatic rings. The molecule has 1 aromatic heterocycles. The van der Waals surface area contributed by atoms with E-state index in [4.69, 9.17) is 0 Å². The van der Waals surface area contributed by atoms with Gasteiger partial charge in [0.2, 0.25) is 5.91 Å². The van der Waals surface area contributed by atoms with E-state index < -0.39 is 0 Å². The number of amides is 1. The van der Waals surface area contributed by atoms with E-state index in [0.717, 1.165) is 12.5 Å². The Hall–Kier alpha value is -0.870. The lowest BCUT2D eigenvalue weighted by Gasteiger charge is -2.44. The molecule has 1 aliphatic carbocycles. The summed E-state index contributed by atoms with van der Waals surface area (Å²) in [6.07, 6.45) is 7.73. The van der Waals surface area contributed by atoms with Crippen molar-refractivity contribution in [3.63, 3.8) is 0 Å². The first-order chi connectivity index (χ1) is 10.7. The van der Waals surface area contributed by atoms with E-state index in [-0.39, 0.29) is 0 Å². The SMILES string of the molecule is CC(c1cccs1)N(C)CC(=O)N1CCCC2CCCCC21. The van der Waals surface area contributed by atoms with Crippen molar-refractivity contribution in [2.75, 3.05) is 20.1 Å². The predicted molar refractivity (Wildman–Crippen MR) is 92.1 cm³/mol. The number of fused-ring (bicyclic) bond motifs is 1. The topological polar surface area (TPSA) is 23.6 Å². The van der Waals surface area contributed by atoms with Crippen LogP contribution in [0.5, 0.6) is 0 Å². The lowest BCUT2D eigenvalue weighted by molar-refractivity contribution is -0.138. The van der Waals surface area contributed by atoms with Gasteiger partial charge in [-0.25, -0.2) is 0 Å². The van der Waals surface area contributed by atoms with Gasteiger partial charge in [0, 0.05) is 23.5 Å². The maximum Gasteiger partial charge on any atom is 0.237 e. The number of hydrogen-bond acceptors (Lipinski definition) is 3. The number of thiophene rings is 1. The summed E-state index contributed by atoms with van der Waals surface area (Å²) in [5, 5.41) is 2.11. The van der Waals surface area contributed by atoms with E-state index in [9.17, 15) is 4.79 Å². The zero-order valence-electron chi connectivity index (χ0n) is 13.8. The Kier molecular flexibility index (Phi) is 5.19. The number of piperidine rings is 1. The first-order valence-corrected chi connectivity index (χ1v) is 9.58. The molecule has 3 nitrogen and oxygen atoms in total. The van der Waals surface area contributed by atoms with Crippen molar-refractivity contribution in [3.8, 4) is 0 Å². The largest absolute Gasteiger partial charge is 0.338 e. The minimum absolute atomic E-state index is 0.316. The van der Waals surface area contributed by atoms with Gasteiger partial charge >= 0.3 is 0 Å². The Morgan fingerprint density at radius 3 is 2.91 bits per heavy atom. The highest BCUT2D eigenvalue weighted by Gasteiger charge is 2.35. The molecule has 1 aromatic rings. The monoisotopic (exact) mass is 320 g/mol. The fourth-order valence-electron chi connectivity index (χ4n) is 4.12. The molecule has 3 atom stereocenters. The Balaban J connectivity index is 1.60. The fourth-order valence-corrected chi connectivity index (χ4v) is 4.97. The van der Waals surface area contributed by atoms with Gasteiger partial charge in [0.1, 0.15) is 0 Å². The minimum Gasteiger partial charge on any atom is -0.338 e. The average Bonchev–Trinajstić information content (AvgIpc) is 3.07. The number of nitrogens with zero attached hydrogens (tertiary/aromatic N) is 2. The molecule has 22 heavy (non-hydrogen) atoms. The number of likely N-dealkylation sites (tertiary alicyclic amines) is 1. The van der Waals surface area contributed by atoms with Gasteiger partial charge in [-0.3, -0.25) is 9.69 Å². The second-order valence-corrected chi connectivity index (χ2v) is 7.93. The second kappa shape index (κ2) is 7.14. The smallest absolute Gasteiger partial charge is 0.237 e. The van der Waals surface area contributed by atoms with Crippen LogP contribution in [-0.2, 0) is 4.79 Å². The van der Waals surface area contributed by atoms with Gasteiger partial charge in [-0.15, -0.1) is 11.3 Å². The Bertz CT molecular complexity index is 485. The molecule has 4 heteroatoms. The highest BCUT2D eigenvalue weighted by Crippen LogP contribution is 2.35. The molecular formula is C18H28N2OS. The Morgan fingerprint density at radius 1 is 1.36 bits per heavy atom. The summed E-state index contributed by atoms with van der Waals surface area (Å²) in [4.78, 5) is 18.6. The lowest BCUT2D eigenvalue weighted by Crippen LogP contribution is -2.52. The highest BCUT2D eigenvalue weighted by atomic mass is 32.1. The van der Waals surface area contributed by atoms with Gasteiger partial charge in [0.25, 0.3) is 0 Å². The van der Waals surface area contributed by atoms with E-state index in [1.165, 1.54) is 43.4 Å². The number of hydrogen-bond donors (Lipinski definition) is 0. The third kappa shape index (κ3) is 3.38. The van der Waals surface area contributed by atoms with Crippen molar-refractivity contribution in [2.24, 2.45) is 5.92 Å². The summed E-state index contributed by atoms with van der Waals surface area (Å²) in [5.41, 5.74) is 0. The van der Waals surface area contributed by atoms with Crippen LogP contribution < -0.4 is 0 Å². The molecule has 2 fully saturated rings. The zero-order chi connectivity index (χ0) is 15.5. The number of rotatable bonds is 4.